The fourth-order valence-corrected chi connectivity index (χ4v) is 4.23. The zero-order valence-electron chi connectivity index (χ0n) is 15.7. The van der Waals surface area contributed by atoms with Crippen molar-refractivity contribution in [3.63, 3.8) is 0 Å². The number of hydrogen-bond acceptors (Lipinski definition) is 6. The molecular formula is C20H16N6O2S. The number of aromatic nitrogens is 6. The van der Waals surface area contributed by atoms with Gasteiger partial charge in [-0.2, -0.15) is 5.10 Å². The van der Waals surface area contributed by atoms with Gasteiger partial charge in [0.25, 0.3) is 11.1 Å². The third-order valence-electron chi connectivity index (χ3n) is 4.84. The fourth-order valence-electron chi connectivity index (χ4n) is 3.39. The molecule has 9 heteroatoms. The van der Waals surface area contributed by atoms with Gasteiger partial charge in [-0.1, -0.05) is 12.1 Å². The van der Waals surface area contributed by atoms with Crippen LogP contribution < -0.4 is 11.1 Å². The van der Waals surface area contributed by atoms with Gasteiger partial charge in [0.15, 0.2) is 5.82 Å². The van der Waals surface area contributed by atoms with Crippen LogP contribution in [0.25, 0.3) is 27.3 Å². The first-order valence-electron chi connectivity index (χ1n) is 8.99. The van der Waals surface area contributed by atoms with E-state index in [0.717, 1.165) is 10.6 Å². The van der Waals surface area contributed by atoms with Gasteiger partial charge in [0.1, 0.15) is 12.2 Å². The van der Waals surface area contributed by atoms with Crippen LogP contribution in [0.3, 0.4) is 0 Å². The molecule has 0 fully saturated rings. The Hall–Kier alpha value is -3.59. The molecule has 5 rings (SSSR count). The SMILES string of the molecule is Cc1ccc(-c2ccc(=O)n(Cc3nnc4n(C)c(=O)c5ccccc5n34)n2)s1. The Bertz CT molecular complexity index is 1510. The molecule has 0 aliphatic heterocycles. The van der Waals surface area contributed by atoms with Crippen molar-refractivity contribution >= 4 is 28.0 Å². The van der Waals surface area contributed by atoms with Gasteiger partial charge in [-0.15, -0.1) is 21.5 Å². The molecular weight excluding hydrogens is 388 g/mol. The summed E-state index contributed by atoms with van der Waals surface area (Å²) in [5.74, 6) is 0.947. The molecule has 0 radical (unpaired) electrons. The largest absolute Gasteiger partial charge is 0.279 e. The first-order valence-corrected chi connectivity index (χ1v) is 9.81. The predicted molar refractivity (Wildman–Crippen MR) is 111 cm³/mol. The van der Waals surface area contributed by atoms with Gasteiger partial charge >= 0.3 is 0 Å². The first kappa shape index (κ1) is 17.5. The van der Waals surface area contributed by atoms with E-state index in [4.69, 9.17) is 0 Å². The van der Waals surface area contributed by atoms with Crippen molar-refractivity contribution in [3.8, 4) is 10.6 Å². The van der Waals surface area contributed by atoms with Gasteiger partial charge in [0, 0.05) is 18.0 Å². The average Bonchev–Trinajstić information content (AvgIpc) is 3.34. The second kappa shape index (κ2) is 6.49. The second-order valence-corrected chi connectivity index (χ2v) is 8.05. The van der Waals surface area contributed by atoms with Crippen molar-refractivity contribution in [2.24, 2.45) is 7.05 Å². The highest BCUT2D eigenvalue weighted by Crippen LogP contribution is 2.25. The summed E-state index contributed by atoms with van der Waals surface area (Å²) in [5.41, 5.74) is 1.06. The van der Waals surface area contributed by atoms with Gasteiger partial charge in [-0.3, -0.25) is 18.6 Å². The maximum absolute atomic E-state index is 12.6. The molecule has 0 N–H and O–H groups in total. The summed E-state index contributed by atoms with van der Waals surface area (Å²) in [6.45, 7) is 2.17. The van der Waals surface area contributed by atoms with E-state index in [2.05, 4.69) is 15.3 Å². The Labute approximate surface area is 168 Å². The minimum Gasteiger partial charge on any atom is -0.279 e. The summed E-state index contributed by atoms with van der Waals surface area (Å²) in [7, 11) is 1.66. The topological polar surface area (TPSA) is 87.1 Å². The molecule has 5 aromatic rings. The van der Waals surface area contributed by atoms with Crippen LogP contribution in [0.4, 0.5) is 0 Å². The number of aryl methyl sites for hydroxylation is 2. The Morgan fingerprint density at radius 1 is 1.00 bits per heavy atom. The first-order chi connectivity index (χ1) is 14.0. The van der Waals surface area contributed by atoms with Gasteiger partial charge in [0.05, 0.1) is 15.8 Å². The van der Waals surface area contributed by atoms with Crippen LogP contribution in [0.1, 0.15) is 10.7 Å². The van der Waals surface area contributed by atoms with E-state index in [1.165, 1.54) is 20.2 Å². The maximum atomic E-state index is 12.6. The number of para-hydroxylation sites is 1. The summed E-state index contributed by atoms with van der Waals surface area (Å²) in [6.07, 6.45) is 0. The van der Waals surface area contributed by atoms with Crippen LogP contribution in [0.5, 0.6) is 0 Å². The zero-order valence-corrected chi connectivity index (χ0v) is 16.6. The minimum absolute atomic E-state index is 0.139. The highest BCUT2D eigenvalue weighted by Gasteiger charge is 2.16. The molecule has 0 aliphatic rings. The molecule has 0 atom stereocenters. The smallest absolute Gasteiger partial charge is 0.267 e. The summed E-state index contributed by atoms with van der Waals surface area (Å²) in [6, 6.07) is 14.5. The van der Waals surface area contributed by atoms with Crippen molar-refractivity contribution in [2.75, 3.05) is 0 Å². The second-order valence-electron chi connectivity index (χ2n) is 6.76. The van der Waals surface area contributed by atoms with Gasteiger partial charge < -0.3 is 0 Å². The summed E-state index contributed by atoms with van der Waals surface area (Å²) >= 11 is 1.62. The van der Waals surface area contributed by atoms with E-state index < -0.39 is 0 Å². The monoisotopic (exact) mass is 404 g/mol. The lowest BCUT2D eigenvalue weighted by Crippen LogP contribution is -2.25. The number of rotatable bonds is 3. The van der Waals surface area contributed by atoms with E-state index in [1.54, 1.807) is 34.9 Å². The Balaban J connectivity index is 1.69. The van der Waals surface area contributed by atoms with Crippen LogP contribution in [-0.4, -0.2) is 28.9 Å². The summed E-state index contributed by atoms with van der Waals surface area (Å²) in [4.78, 5) is 27.2. The lowest BCUT2D eigenvalue weighted by Gasteiger charge is -2.09. The molecule has 29 heavy (non-hydrogen) atoms. The van der Waals surface area contributed by atoms with E-state index in [-0.39, 0.29) is 17.7 Å². The Morgan fingerprint density at radius 2 is 1.83 bits per heavy atom. The van der Waals surface area contributed by atoms with Crippen molar-refractivity contribution in [1.29, 1.82) is 0 Å². The minimum atomic E-state index is -0.229. The standard InChI is InChI=1S/C20H16N6O2S/c1-12-7-9-16(29-12)14-8-10-18(27)25(23-14)11-17-21-22-20-24(2)19(28)13-5-3-4-6-15(13)26(17)20/h3-10H,11H2,1-2H3. The third kappa shape index (κ3) is 2.78. The molecule has 4 aromatic heterocycles. The highest BCUT2D eigenvalue weighted by molar-refractivity contribution is 7.15. The molecule has 4 heterocycles. The number of hydrogen-bond donors (Lipinski definition) is 0. The Morgan fingerprint density at radius 3 is 2.62 bits per heavy atom. The number of nitrogens with zero attached hydrogens (tertiary/aromatic N) is 6. The molecule has 144 valence electrons. The molecule has 0 bridgehead atoms. The Kier molecular flexibility index (Phi) is 3.92. The maximum Gasteiger partial charge on any atom is 0.267 e. The van der Waals surface area contributed by atoms with E-state index >= 15 is 0 Å². The predicted octanol–water partition coefficient (Wildman–Crippen LogP) is 2.22. The van der Waals surface area contributed by atoms with Crippen LogP contribution in [0, 0.1) is 6.92 Å². The molecule has 1 aromatic carbocycles. The molecule has 0 saturated carbocycles. The average molecular weight is 404 g/mol. The van der Waals surface area contributed by atoms with Crippen molar-refractivity contribution < 1.29 is 0 Å². The van der Waals surface area contributed by atoms with Crippen molar-refractivity contribution in [3.05, 3.63) is 79.9 Å². The van der Waals surface area contributed by atoms with Crippen molar-refractivity contribution in [1.82, 2.24) is 28.9 Å². The van der Waals surface area contributed by atoms with Gasteiger partial charge in [0.2, 0.25) is 5.78 Å². The van der Waals surface area contributed by atoms with Crippen LogP contribution in [0.15, 0.2) is 58.1 Å². The molecule has 0 unspecified atom stereocenters. The normalized spacial score (nSPS) is 11.5. The van der Waals surface area contributed by atoms with Gasteiger partial charge in [-0.05, 0) is 37.3 Å². The lowest BCUT2D eigenvalue weighted by atomic mass is 10.2. The molecule has 0 saturated heterocycles. The van der Waals surface area contributed by atoms with Crippen LogP contribution in [0.2, 0.25) is 0 Å². The van der Waals surface area contributed by atoms with E-state index in [9.17, 15) is 9.59 Å². The zero-order chi connectivity index (χ0) is 20.1. The quantitative estimate of drug-likeness (QED) is 0.460. The van der Waals surface area contributed by atoms with E-state index in [0.29, 0.717) is 22.5 Å². The fraction of sp³-hybridized carbons (Fsp3) is 0.150. The lowest BCUT2D eigenvalue weighted by molar-refractivity contribution is 0.614. The summed E-state index contributed by atoms with van der Waals surface area (Å²) < 4.78 is 4.63. The van der Waals surface area contributed by atoms with Crippen LogP contribution >= 0.6 is 11.3 Å². The number of benzene rings is 1. The highest BCUT2D eigenvalue weighted by atomic mass is 32.1. The van der Waals surface area contributed by atoms with Crippen LogP contribution in [-0.2, 0) is 13.6 Å². The molecule has 0 amide bonds. The van der Waals surface area contributed by atoms with E-state index in [1.807, 2.05) is 37.3 Å². The number of fused-ring (bicyclic) bond motifs is 3. The summed E-state index contributed by atoms with van der Waals surface area (Å²) in [5, 5.41) is 13.5. The molecule has 8 nitrogen and oxygen atoms in total. The number of thiophene rings is 1. The van der Waals surface area contributed by atoms with Gasteiger partial charge in [-0.25, -0.2) is 4.68 Å². The van der Waals surface area contributed by atoms with Crippen molar-refractivity contribution in [2.45, 2.75) is 13.5 Å². The molecule has 0 spiro atoms. The molecule has 0 aliphatic carbocycles. The third-order valence-corrected chi connectivity index (χ3v) is 5.87.